The van der Waals surface area contributed by atoms with Gasteiger partial charge < -0.3 is 15.1 Å². The van der Waals surface area contributed by atoms with E-state index >= 15 is 0 Å². The Labute approximate surface area is 167 Å². The molecular weight excluding hydrogens is 358 g/mol. The van der Waals surface area contributed by atoms with E-state index in [1.54, 1.807) is 4.90 Å². The zero-order valence-corrected chi connectivity index (χ0v) is 16.8. The Morgan fingerprint density at radius 3 is 2.41 bits per heavy atom. The smallest absolute Gasteiger partial charge is 0.275 e. The van der Waals surface area contributed by atoms with Gasteiger partial charge in [0.15, 0.2) is 6.54 Å². The molecule has 0 radical (unpaired) electrons. The number of benzene rings is 2. The number of piperazine rings is 1. The lowest BCUT2D eigenvalue weighted by atomic mass is 10.1. The molecule has 3 N–H and O–H groups in total. The number of carbonyl (C=O) groups is 1. The fourth-order valence-corrected chi connectivity index (χ4v) is 3.83. The van der Waals surface area contributed by atoms with Crippen molar-refractivity contribution in [2.24, 2.45) is 0 Å². The fraction of sp³-hybridized carbons (Fsp3) is 0.409. The second kappa shape index (κ2) is 9.88. The van der Waals surface area contributed by atoms with E-state index in [4.69, 9.17) is 11.6 Å². The van der Waals surface area contributed by atoms with Gasteiger partial charge in [-0.25, -0.2) is 0 Å². The molecule has 2 aromatic carbocycles. The lowest BCUT2D eigenvalue weighted by Crippen LogP contribution is -3.28. The van der Waals surface area contributed by atoms with Gasteiger partial charge in [-0.05, 0) is 31.0 Å². The van der Waals surface area contributed by atoms with E-state index in [2.05, 4.69) is 36.5 Å². The number of quaternary nitrogens is 2. The maximum Gasteiger partial charge on any atom is 0.275 e. The van der Waals surface area contributed by atoms with Crippen LogP contribution in [-0.4, -0.2) is 45.2 Å². The van der Waals surface area contributed by atoms with E-state index in [9.17, 15) is 4.79 Å². The molecule has 1 aliphatic heterocycles. The van der Waals surface area contributed by atoms with Crippen molar-refractivity contribution in [2.75, 3.05) is 39.3 Å². The zero-order valence-electron chi connectivity index (χ0n) is 16.1. The SMILES string of the molecule is Cc1cccc(C[NH+]2CC[NH+](CC(=O)NCCc3ccc(Cl)cc3)CC2)c1. The van der Waals surface area contributed by atoms with E-state index in [1.807, 2.05) is 24.3 Å². The summed E-state index contributed by atoms with van der Waals surface area (Å²) >= 11 is 5.89. The van der Waals surface area contributed by atoms with Crippen molar-refractivity contribution in [3.63, 3.8) is 0 Å². The summed E-state index contributed by atoms with van der Waals surface area (Å²) in [5.41, 5.74) is 3.93. The number of halogens is 1. The molecule has 1 aliphatic rings. The van der Waals surface area contributed by atoms with Gasteiger partial charge in [-0.1, -0.05) is 53.6 Å². The molecule has 0 saturated carbocycles. The van der Waals surface area contributed by atoms with E-state index in [-0.39, 0.29) is 5.91 Å². The Morgan fingerprint density at radius 2 is 1.70 bits per heavy atom. The molecule has 0 aromatic heterocycles. The third-order valence-electron chi connectivity index (χ3n) is 5.26. The first-order valence-electron chi connectivity index (χ1n) is 9.82. The first-order valence-corrected chi connectivity index (χ1v) is 10.2. The quantitative estimate of drug-likeness (QED) is 0.627. The molecule has 0 unspecified atom stereocenters. The first-order chi connectivity index (χ1) is 13.1. The predicted molar refractivity (Wildman–Crippen MR) is 109 cm³/mol. The molecule has 0 spiro atoms. The van der Waals surface area contributed by atoms with Crippen LogP contribution in [0.15, 0.2) is 48.5 Å². The number of rotatable bonds is 7. The molecule has 1 saturated heterocycles. The van der Waals surface area contributed by atoms with Crippen molar-refractivity contribution < 1.29 is 14.6 Å². The maximum absolute atomic E-state index is 12.2. The van der Waals surface area contributed by atoms with Crippen LogP contribution >= 0.6 is 11.6 Å². The minimum Gasteiger partial charge on any atom is -0.351 e. The van der Waals surface area contributed by atoms with Crippen LogP contribution in [-0.2, 0) is 17.8 Å². The van der Waals surface area contributed by atoms with Crippen LogP contribution in [0.4, 0.5) is 0 Å². The Hall–Kier alpha value is -1.88. The number of nitrogens with one attached hydrogen (secondary N) is 3. The normalized spacial score (nSPS) is 19.6. The van der Waals surface area contributed by atoms with Crippen molar-refractivity contribution in [1.82, 2.24) is 5.32 Å². The van der Waals surface area contributed by atoms with Crippen LogP contribution in [0.25, 0.3) is 0 Å². The molecule has 1 fully saturated rings. The van der Waals surface area contributed by atoms with Crippen molar-refractivity contribution in [3.05, 3.63) is 70.2 Å². The van der Waals surface area contributed by atoms with E-state index in [1.165, 1.54) is 21.6 Å². The average Bonchev–Trinajstić information content (AvgIpc) is 2.65. The molecule has 0 atom stereocenters. The van der Waals surface area contributed by atoms with Gasteiger partial charge in [-0.15, -0.1) is 0 Å². The molecule has 2 aromatic rings. The van der Waals surface area contributed by atoms with Gasteiger partial charge >= 0.3 is 0 Å². The summed E-state index contributed by atoms with van der Waals surface area (Å²) in [5.74, 6) is 0.154. The molecule has 0 bridgehead atoms. The van der Waals surface area contributed by atoms with Crippen molar-refractivity contribution in [3.8, 4) is 0 Å². The lowest BCUT2D eigenvalue weighted by molar-refractivity contribution is -1.02. The summed E-state index contributed by atoms with van der Waals surface area (Å²) in [6, 6.07) is 16.6. The number of carbonyl (C=O) groups excluding carboxylic acids is 1. The van der Waals surface area contributed by atoms with Gasteiger partial charge in [-0.3, -0.25) is 4.79 Å². The minimum atomic E-state index is 0.154. The van der Waals surface area contributed by atoms with Crippen LogP contribution in [0.2, 0.25) is 5.02 Å². The molecule has 0 aliphatic carbocycles. The number of hydrogen-bond acceptors (Lipinski definition) is 1. The number of amides is 1. The summed E-state index contributed by atoms with van der Waals surface area (Å²) in [6.07, 6.45) is 0.840. The minimum absolute atomic E-state index is 0.154. The predicted octanol–water partition coefficient (Wildman–Crippen LogP) is 0.291. The largest absolute Gasteiger partial charge is 0.351 e. The summed E-state index contributed by atoms with van der Waals surface area (Å²) < 4.78 is 0. The molecule has 144 valence electrons. The van der Waals surface area contributed by atoms with Gasteiger partial charge in [0.05, 0.1) is 0 Å². The third kappa shape index (κ3) is 6.65. The lowest BCUT2D eigenvalue weighted by Gasteiger charge is -2.29. The highest BCUT2D eigenvalue weighted by molar-refractivity contribution is 6.30. The highest BCUT2D eigenvalue weighted by Gasteiger charge is 2.24. The zero-order chi connectivity index (χ0) is 19.1. The third-order valence-corrected chi connectivity index (χ3v) is 5.51. The highest BCUT2D eigenvalue weighted by Crippen LogP contribution is 2.09. The Morgan fingerprint density at radius 1 is 1.00 bits per heavy atom. The molecule has 3 rings (SSSR count). The Bertz CT molecular complexity index is 739. The standard InChI is InChI=1S/C22H28ClN3O/c1-18-3-2-4-20(15-18)16-25-11-13-26(14-12-25)17-22(27)24-10-9-19-5-7-21(23)8-6-19/h2-8,15H,9-14,16-17H2,1H3,(H,24,27)/p+2. The van der Waals surface area contributed by atoms with Gasteiger partial charge in [0.2, 0.25) is 0 Å². The monoisotopic (exact) mass is 387 g/mol. The van der Waals surface area contributed by atoms with Crippen molar-refractivity contribution >= 4 is 17.5 Å². The molecule has 1 heterocycles. The highest BCUT2D eigenvalue weighted by atomic mass is 35.5. The molecule has 1 amide bonds. The summed E-state index contributed by atoms with van der Waals surface area (Å²) in [5, 5.41) is 3.80. The molecular formula is C22H30ClN3O+2. The van der Waals surface area contributed by atoms with Crippen LogP contribution in [0.1, 0.15) is 16.7 Å². The van der Waals surface area contributed by atoms with Crippen LogP contribution in [0, 0.1) is 6.92 Å². The summed E-state index contributed by atoms with van der Waals surface area (Å²) in [4.78, 5) is 15.2. The maximum atomic E-state index is 12.2. The van der Waals surface area contributed by atoms with Gasteiger partial charge in [0, 0.05) is 17.1 Å². The second-order valence-corrected chi connectivity index (χ2v) is 8.01. The van der Waals surface area contributed by atoms with Crippen LogP contribution in [0.3, 0.4) is 0 Å². The van der Waals surface area contributed by atoms with Crippen LogP contribution < -0.4 is 15.1 Å². The van der Waals surface area contributed by atoms with Crippen molar-refractivity contribution in [1.29, 1.82) is 0 Å². The molecule has 4 nitrogen and oxygen atoms in total. The van der Waals surface area contributed by atoms with Crippen LogP contribution in [0.5, 0.6) is 0 Å². The van der Waals surface area contributed by atoms with E-state index < -0.39 is 0 Å². The number of hydrogen-bond donors (Lipinski definition) is 3. The van der Waals surface area contributed by atoms with Gasteiger partial charge in [0.25, 0.3) is 5.91 Å². The van der Waals surface area contributed by atoms with Gasteiger partial charge in [-0.2, -0.15) is 0 Å². The molecule has 5 heteroatoms. The van der Waals surface area contributed by atoms with E-state index in [0.29, 0.717) is 13.1 Å². The molecule has 27 heavy (non-hydrogen) atoms. The first kappa shape index (κ1) is 19.9. The second-order valence-electron chi connectivity index (χ2n) is 7.57. The van der Waals surface area contributed by atoms with Crippen molar-refractivity contribution in [2.45, 2.75) is 19.9 Å². The number of aryl methyl sites for hydroxylation is 1. The van der Waals surface area contributed by atoms with Gasteiger partial charge in [0.1, 0.15) is 32.7 Å². The summed E-state index contributed by atoms with van der Waals surface area (Å²) in [6.45, 7) is 8.87. The fourth-order valence-electron chi connectivity index (χ4n) is 3.71. The Kier molecular flexibility index (Phi) is 7.27. The van der Waals surface area contributed by atoms with E-state index in [0.717, 1.165) is 44.2 Å². The average molecular weight is 388 g/mol. The topological polar surface area (TPSA) is 38.0 Å². The Balaban J connectivity index is 1.33. The summed E-state index contributed by atoms with van der Waals surface area (Å²) in [7, 11) is 0.